The van der Waals surface area contributed by atoms with E-state index in [1.54, 1.807) is 6.07 Å². The highest BCUT2D eigenvalue weighted by Crippen LogP contribution is 2.16. The number of carboxylic acids is 1. The quantitative estimate of drug-likeness (QED) is 0.791. The Balaban J connectivity index is 2.90. The van der Waals surface area contributed by atoms with Crippen molar-refractivity contribution in [3.63, 3.8) is 0 Å². The molecule has 0 aliphatic rings. The molecule has 0 heterocycles. The molecule has 0 unspecified atom stereocenters. The lowest BCUT2D eigenvalue weighted by Gasteiger charge is -2.02. The molecule has 0 aromatic heterocycles. The molecule has 0 saturated carbocycles. The van der Waals surface area contributed by atoms with Crippen molar-refractivity contribution in [3.05, 3.63) is 29.6 Å². The van der Waals surface area contributed by atoms with E-state index in [9.17, 15) is 9.18 Å². The number of benzene rings is 1. The third-order valence-electron chi connectivity index (χ3n) is 1.47. The molecule has 0 aliphatic heterocycles. The zero-order valence-corrected chi connectivity index (χ0v) is 7.03. The maximum atomic E-state index is 13.0. The molecule has 14 heavy (non-hydrogen) atoms. The minimum Gasteiger partial charge on any atom is -0.479 e. The minimum atomic E-state index is -1.34. The summed E-state index contributed by atoms with van der Waals surface area (Å²) < 4.78 is 17.8. The molecule has 0 atom stereocenters. The summed E-state index contributed by atoms with van der Waals surface area (Å²) in [5.41, 5.74) is -0.422. The average molecular weight is 195 g/mol. The van der Waals surface area contributed by atoms with Crippen LogP contribution in [0.15, 0.2) is 18.2 Å². The first-order valence-corrected chi connectivity index (χ1v) is 3.67. The van der Waals surface area contributed by atoms with Gasteiger partial charge in [0.1, 0.15) is 17.6 Å². The van der Waals surface area contributed by atoms with Crippen LogP contribution in [0.3, 0.4) is 0 Å². The second kappa shape index (κ2) is 4.23. The summed E-state index contributed by atoms with van der Waals surface area (Å²) >= 11 is 0. The highest BCUT2D eigenvalue weighted by Gasteiger charge is 2.10. The van der Waals surface area contributed by atoms with Crippen molar-refractivity contribution in [2.24, 2.45) is 0 Å². The maximum Gasteiger partial charge on any atom is 0.338 e. The van der Waals surface area contributed by atoms with Crippen LogP contribution in [0, 0.1) is 17.1 Å². The maximum absolute atomic E-state index is 13.0. The number of nitriles is 1. The zero-order valence-electron chi connectivity index (χ0n) is 7.03. The van der Waals surface area contributed by atoms with E-state index in [0.29, 0.717) is 0 Å². The van der Waals surface area contributed by atoms with Gasteiger partial charge < -0.3 is 9.84 Å². The van der Waals surface area contributed by atoms with Gasteiger partial charge in [0.05, 0.1) is 5.56 Å². The lowest BCUT2D eigenvalue weighted by molar-refractivity contribution is 0.0692. The first-order chi connectivity index (χ1) is 6.65. The monoisotopic (exact) mass is 195 g/mol. The van der Waals surface area contributed by atoms with E-state index in [0.717, 1.165) is 12.1 Å². The van der Waals surface area contributed by atoms with Crippen LogP contribution in [0.2, 0.25) is 0 Å². The number of nitrogens with zero attached hydrogens (tertiary/aromatic N) is 1. The number of hydrogen-bond donors (Lipinski definition) is 1. The van der Waals surface area contributed by atoms with Gasteiger partial charge in [0.25, 0.3) is 0 Å². The molecule has 1 N–H and O–H groups in total. The van der Waals surface area contributed by atoms with Gasteiger partial charge in [0.2, 0.25) is 0 Å². The molecule has 0 fully saturated rings. The van der Waals surface area contributed by atoms with E-state index in [4.69, 9.17) is 15.1 Å². The number of carboxylic acid groups (broad SMARTS) is 1. The Morgan fingerprint density at radius 3 is 2.86 bits per heavy atom. The molecule has 0 saturated heterocycles. The largest absolute Gasteiger partial charge is 0.479 e. The molecule has 0 bridgehead atoms. The number of rotatable bonds is 3. The van der Waals surface area contributed by atoms with Crippen molar-refractivity contribution in [1.29, 1.82) is 5.26 Å². The predicted molar refractivity (Wildman–Crippen MR) is 44.5 cm³/mol. The smallest absolute Gasteiger partial charge is 0.338 e. The summed E-state index contributed by atoms with van der Waals surface area (Å²) in [5.74, 6) is -2.09. The van der Waals surface area contributed by atoms with E-state index in [1.165, 1.54) is 6.07 Å². The normalized spacial score (nSPS) is 9.14. The molecule has 0 amide bonds. The third-order valence-corrected chi connectivity index (χ3v) is 1.47. The van der Waals surface area contributed by atoms with Crippen molar-refractivity contribution < 1.29 is 19.0 Å². The third kappa shape index (κ3) is 2.20. The average Bonchev–Trinajstić information content (AvgIpc) is 2.14. The molecule has 72 valence electrons. The van der Waals surface area contributed by atoms with Gasteiger partial charge in [-0.25, -0.2) is 9.18 Å². The first kappa shape index (κ1) is 9.99. The van der Waals surface area contributed by atoms with E-state index in [2.05, 4.69) is 0 Å². The summed E-state index contributed by atoms with van der Waals surface area (Å²) in [6, 6.07) is 5.03. The molecule has 1 rings (SSSR count). The fourth-order valence-electron chi connectivity index (χ4n) is 0.875. The number of ether oxygens (including phenoxy) is 1. The Kier molecular flexibility index (Phi) is 3.02. The summed E-state index contributed by atoms with van der Waals surface area (Å²) in [5, 5.41) is 16.7. The van der Waals surface area contributed by atoms with Crippen LogP contribution in [0.4, 0.5) is 4.39 Å². The van der Waals surface area contributed by atoms with Gasteiger partial charge in [-0.1, -0.05) is 0 Å². The number of halogens is 1. The van der Waals surface area contributed by atoms with Crippen molar-refractivity contribution in [2.45, 2.75) is 0 Å². The Bertz CT molecular complexity index is 398. The van der Waals surface area contributed by atoms with Crippen LogP contribution in [-0.2, 0) is 0 Å². The Morgan fingerprint density at radius 1 is 1.64 bits per heavy atom. The van der Waals surface area contributed by atoms with Gasteiger partial charge in [-0.05, 0) is 12.1 Å². The molecule has 4 nitrogen and oxygen atoms in total. The summed E-state index contributed by atoms with van der Waals surface area (Å²) in [6.07, 6.45) is 0. The van der Waals surface area contributed by atoms with E-state index < -0.39 is 17.3 Å². The van der Waals surface area contributed by atoms with Gasteiger partial charge in [0, 0.05) is 6.07 Å². The van der Waals surface area contributed by atoms with Crippen molar-refractivity contribution in [3.8, 4) is 11.8 Å². The van der Waals surface area contributed by atoms with Crippen molar-refractivity contribution in [1.82, 2.24) is 0 Å². The molecule has 5 heteroatoms. The molecule has 0 radical (unpaired) electrons. The molecule has 0 spiro atoms. The van der Waals surface area contributed by atoms with Crippen LogP contribution in [-0.4, -0.2) is 17.7 Å². The SMILES string of the molecule is N#CCOc1ccc(C(=O)O)c(F)c1. The summed E-state index contributed by atoms with van der Waals surface area (Å²) in [7, 11) is 0. The van der Waals surface area contributed by atoms with Crippen LogP contribution in [0.1, 0.15) is 10.4 Å². The fourth-order valence-corrected chi connectivity index (χ4v) is 0.875. The zero-order chi connectivity index (χ0) is 10.6. The van der Waals surface area contributed by atoms with Gasteiger partial charge in [-0.3, -0.25) is 0 Å². The van der Waals surface area contributed by atoms with E-state index in [1.807, 2.05) is 0 Å². The molecule has 0 aliphatic carbocycles. The second-order valence-corrected chi connectivity index (χ2v) is 2.39. The van der Waals surface area contributed by atoms with Crippen molar-refractivity contribution in [2.75, 3.05) is 6.61 Å². The van der Waals surface area contributed by atoms with Gasteiger partial charge in [-0.2, -0.15) is 5.26 Å². The van der Waals surface area contributed by atoms with Crippen LogP contribution < -0.4 is 4.74 Å². The molecule has 1 aromatic rings. The first-order valence-electron chi connectivity index (χ1n) is 3.67. The predicted octanol–water partition coefficient (Wildman–Crippen LogP) is 1.43. The fraction of sp³-hybridized carbons (Fsp3) is 0.111. The second-order valence-electron chi connectivity index (χ2n) is 2.39. The van der Waals surface area contributed by atoms with Gasteiger partial charge >= 0.3 is 5.97 Å². The van der Waals surface area contributed by atoms with Crippen LogP contribution >= 0.6 is 0 Å². The van der Waals surface area contributed by atoms with Crippen LogP contribution in [0.5, 0.6) is 5.75 Å². The number of aromatic carboxylic acids is 1. The lowest BCUT2D eigenvalue weighted by atomic mass is 10.2. The lowest BCUT2D eigenvalue weighted by Crippen LogP contribution is -2.01. The molecular formula is C9H6FNO3. The standard InChI is InChI=1S/C9H6FNO3/c10-8-5-6(14-4-3-11)1-2-7(8)9(12)13/h1-2,5H,4H2,(H,12,13). The number of hydrogen-bond acceptors (Lipinski definition) is 3. The van der Waals surface area contributed by atoms with Crippen molar-refractivity contribution >= 4 is 5.97 Å². The topological polar surface area (TPSA) is 70.3 Å². The Morgan fingerprint density at radius 2 is 2.36 bits per heavy atom. The highest BCUT2D eigenvalue weighted by atomic mass is 19.1. The van der Waals surface area contributed by atoms with Crippen LogP contribution in [0.25, 0.3) is 0 Å². The molecule has 1 aromatic carbocycles. The van der Waals surface area contributed by atoms with E-state index >= 15 is 0 Å². The Labute approximate surface area is 79.2 Å². The van der Waals surface area contributed by atoms with Gasteiger partial charge in [0.15, 0.2) is 6.61 Å². The summed E-state index contributed by atoms with van der Waals surface area (Å²) in [4.78, 5) is 10.4. The minimum absolute atomic E-state index is 0.133. The highest BCUT2D eigenvalue weighted by molar-refractivity contribution is 5.88. The van der Waals surface area contributed by atoms with Gasteiger partial charge in [-0.15, -0.1) is 0 Å². The number of carbonyl (C=O) groups is 1. The summed E-state index contributed by atoms with van der Waals surface area (Å²) in [6.45, 7) is -0.203. The van der Waals surface area contributed by atoms with E-state index in [-0.39, 0.29) is 12.4 Å². The Hall–Kier alpha value is -2.09. The molecular weight excluding hydrogens is 189 g/mol.